The predicted molar refractivity (Wildman–Crippen MR) is 98.5 cm³/mol. The number of hydrogen-bond donors (Lipinski definition) is 2. The van der Waals surface area contributed by atoms with E-state index in [0.717, 1.165) is 5.56 Å². The van der Waals surface area contributed by atoms with Gasteiger partial charge < -0.3 is 24.6 Å². The van der Waals surface area contributed by atoms with Gasteiger partial charge in [0.25, 0.3) is 0 Å². The fourth-order valence-electron chi connectivity index (χ4n) is 2.53. The van der Waals surface area contributed by atoms with Crippen LogP contribution >= 0.6 is 0 Å². The quantitative estimate of drug-likeness (QED) is 0.700. The van der Waals surface area contributed by atoms with Crippen LogP contribution in [0.25, 0.3) is 11.3 Å². The number of nitrogens with one attached hydrogen (secondary N) is 1. The Labute approximate surface area is 151 Å². The van der Waals surface area contributed by atoms with E-state index in [4.69, 9.17) is 14.2 Å². The molecule has 2 N–H and O–H groups in total. The van der Waals surface area contributed by atoms with Crippen molar-refractivity contribution in [2.45, 2.75) is 0 Å². The molecule has 3 aromatic rings. The van der Waals surface area contributed by atoms with E-state index in [2.05, 4.69) is 15.3 Å². The summed E-state index contributed by atoms with van der Waals surface area (Å²) >= 11 is 0. The molecule has 0 aliphatic heterocycles. The number of anilines is 2. The van der Waals surface area contributed by atoms with Crippen molar-refractivity contribution >= 4 is 11.5 Å². The fourth-order valence-corrected chi connectivity index (χ4v) is 2.53. The molecule has 0 spiro atoms. The van der Waals surface area contributed by atoms with Gasteiger partial charge in [-0.2, -0.15) is 0 Å². The molecule has 0 aliphatic rings. The number of ether oxygens (including phenoxy) is 3. The predicted octanol–water partition coefficient (Wildman–Crippen LogP) is 3.62. The minimum absolute atomic E-state index is 0.173. The van der Waals surface area contributed by atoms with Crippen molar-refractivity contribution in [1.29, 1.82) is 0 Å². The van der Waals surface area contributed by atoms with Crippen molar-refractivity contribution < 1.29 is 19.3 Å². The van der Waals surface area contributed by atoms with Gasteiger partial charge in [-0.05, 0) is 12.1 Å². The number of benzene rings is 2. The van der Waals surface area contributed by atoms with Gasteiger partial charge in [0.1, 0.15) is 11.6 Å². The molecule has 3 rings (SSSR count). The van der Waals surface area contributed by atoms with Crippen LogP contribution in [0.4, 0.5) is 11.5 Å². The summed E-state index contributed by atoms with van der Waals surface area (Å²) in [6, 6.07) is 10.4. The molecule has 0 radical (unpaired) electrons. The molecule has 0 bridgehead atoms. The average Bonchev–Trinajstić information content (AvgIpc) is 2.67. The summed E-state index contributed by atoms with van der Waals surface area (Å²) in [7, 11) is 4.67. The summed E-state index contributed by atoms with van der Waals surface area (Å²) in [5.41, 5.74) is 2.12. The van der Waals surface area contributed by atoms with Crippen LogP contribution in [0.5, 0.6) is 23.0 Å². The first-order valence-corrected chi connectivity index (χ1v) is 7.83. The lowest BCUT2D eigenvalue weighted by molar-refractivity contribution is 0.324. The van der Waals surface area contributed by atoms with E-state index < -0.39 is 0 Å². The van der Waals surface area contributed by atoms with Crippen LogP contribution in [-0.4, -0.2) is 36.4 Å². The van der Waals surface area contributed by atoms with Crippen molar-refractivity contribution in [2.75, 3.05) is 26.6 Å². The Balaban J connectivity index is 1.93. The zero-order valence-electron chi connectivity index (χ0n) is 14.7. The second kappa shape index (κ2) is 7.60. The van der Waals surface area contributed by atoms with Crippen LogP contribution in [0.3, 0.4) is 0 Å². The van der Waals surface area contributed by atoms with Gasteiger partial charge in [0.2, 0.25) is 5.75 Å². The molecular formula is C19H19N3O4. The lowest BCUT2D eigenvalue weighted by Crippen LogP contribution is -1.99. The average molecular weight is 353 g/mol. The molecule has 0 unspecified atom stereocenters. The molecule has 0 saturated heterocycles. The summed E-state index contributed by atoms with van der Waals surface area (Å²) in [6.45, 7) is 0. The van der Waals surface area contributed by atoms with Gasteiger partial charge in [0.05, 0.1) is 39.4 Å². The van der Waals surface area contributed by atoms with Crippen LogP contribution in [0.2, 0.25) is 0 Å². The summed E-state index contributed by atoms with van der Waals surface area (Å²) in [6.07, 6.45) is 3.24. The largest absolute Gasteiger partial charge is 0.508 e. The maximum Gasteiger partial charge on any atom is 0.203 e. The first kappa shape index (κ1) is 17.3. The third-order valence-electron chi connectivity index (χ3n) is 3.71. The number of phenolic OH excluding ortho intramolecular Hbond substituents is 1. The maximum absolute atomic E-state index is 9.64. The van der Waals surface area contributed by atoms with Crippen molar-refractivity contribution in [3.8, 4) is 34.3 Å². The maximum atomic E-state index is 9.64. The fraction of sp³-hybridized carbons (Fsp3) is 0.158. The number of methoxy groups -OCH3 is 3. The Morgan fingerprint density at radius 2 is 1.65 bits per heavy atom. The highest BCUT2D eigenvalue weighted by Crippen LogP contribution is 2.40. The van der Waals surface area contributed by atoms with Crippen molar-refractivity contribution in [3.05, 3.63) is 48.8 Å². The smallest absolute Gasteiger partial charge is 0.203 e. The van der Waals surface area contributed by atoms with Gasteiger partial charge in [-0.15, -0.1) is 0 Å². The van der Waals surface area contributed by atoms with Gasteiger partial charge in [-0.3, -0.25) is 4.98 Å². The minimum Gasteiger partial charge on any atom is -0.508 e. The van der Waals surface area contributed by atoms with E-state index in [1.54, 1.807) is 64.1 Å². The van der Waals surface area contributed by atoms with E-state index in [9.17, 15) is 5.11 Å². The Bertz CT molecular complexity index is 890. The molecule has 2 aromatic carbocycles. The summed E-state index contributed by atoms with van der Waals surface area (Å²) < 4.78 is 16.0. The molecular weight excluding hydrogens is 334 g/mol. The van der Waals surface area contributed by atoms with E-state index in [-0.39, 0.29) is 5.75 Å². The zero-order valence-corrected chi connectivity index (χ0v) is 14.7. The normalized spacial score (nSPS) is 10.3. The number of hydrogen-bond acceptors (Lipinski definition) is 7. The van der Waals surface area contributed by atoms with Gasteiger partial charge >= 0.3 is 0 Å². The van der Waals surface area contributed by atoms with Gasteiger partial charge in [0, 0.05) is 23.4 Å². The second-order valence-corrected chi connectivity index (χ2v) is 5.38. The van der Waals surface area contributed by atoms with Crippen molar-refractivity contribution in [3.63, 3.8) is 0 Å². The number of phenols is 1. The molecule has 7 heteroatoms. The minimum atomic E-state index is 0.173. The van der Waals surface area contributed by atoms with Crippen LogP contribution in [0.15, 0.2) is 48.8 Å². The lowest BCUT2D eigenvalue weighted by atomic mass is 10.1. The van der Waals surface area contributed by atoms with Crippen molar-refractivity contribution in [1.82, 2.24) is 9.97 Å². The van der Waals surface area contributed by atoms with Gasteiger partial charge in [-0.25, -0.2) is 4.98 Å². The van der Waals surface area contributed by atoms with Gasteiger partial charge in [-0.1, -0.05) is 12.1 Å². The summed E-state index contributed by atoms with van der Waals surface area (Å²) in [5.74, 6) is 2.30. The third kappa shape index (κ3) is 3.61. The highest BCUT2D eigenvalue weighted by Gasteiger charge is 2.13. The highest BCUT2D eigenvalue weighted by atomic mass is 16.5. The molecule has 0 atom stereocenters. The highest BCUT2D eigenvalue weighted by molar-refractivity contribution is 5.68. The molecule has 134 valence electrons. The first-order valence-electron chi connectivity index (χ1n) is 7.83. The lowest BCUT2D eigenvalue weighted by Gasteiger charge is -2.15. The molecule has 1 aromatic heterocycles. The molecule has 0 fully saturated rings. The molecule has 0 amide bonds. The number of rotatable bonds is 6. The van der Waals surface area contributed by atoms with Crippen LogP contribution in [0, 0.1) is 0 Å². The first-order chi connectivity index (χ1) is 12.6. The second-order valence-electron chi connectivity index (χ2n) is 5.38. The topological polar surface area (TPSA) is 85.7 Å². The standard InChI is InChI=1S/C19H19N3O4/c1-24-16-8-13(9-17(25-2)19(16)26-3)21-18-11-20-10-15(22-18)12-5-4-6-14(23)7-12/h4-11,23H,1-3H3,(H,21,22). The van der Waals surface area contributed by atoms with Gasteiger partial charge in [0.15, 0.2) is 11.5 Å². The third-order valence-corrected chi connectivity index (χ3v) is 3.71. The van der Waals surface area contributed by atoms with Crippen LogP contribution in [0.1, 0.15) is 0 Å². The van der Waals surface area contributed by atoms with Crippen molar-refractivity contribution in [2.24, 2.45) is 0 Å². The summed E-state index contributed by atoms with van der Waals surface area (Å²) in [4.78, 5) is 8.75. The zero-order chi connectivity index (χ0) is 18.5. The molecule has 26 heavy (non-hydrogen) atoms. The van der Waals surface area contributed by atoms with E-state index in [1.807, 2.05) is 6.07 Å². The Kier molecular flexibility index (Phi) is 5.07. The van der Waals surface area contributed by atoms with E-state index >= 15 is 0 Å². The number of nitrogens with zero attached hydrogens (tertiary/aromatic N) is 2. The Hall–Kier alpha value is -3.48. The molecule has 1 heterocycles. The van der Waals surface area contributed by atoms with E-state index in [0.29, 0.717) is 34.4 Å². The molecule has 7 nitrogen and oxygen atoms in total. The Morgan fingerprint density at radius 1 is 0.923 bits per heavy atom. The number of aromatic hydroxyl groups is 1. The monoisotopic (exact) mass is 353 g/mol. The Morgan fingerprint density at radius 3 is 2.27 bits per heavy atom. The van der Waals surface area contributed by atoms with Crippen LogP contribution < -0.4 is 19.5 Å². The molecule has 0 aliphatic carbocycles. The SMILES string of the molecule is COc1cc(Nc2cncc(-c3cccc(O)c3)n2)cc(OC)c1OC. The number of aromatic nitrogens is 2. The van der Waals surface area contributed by atoms with Crippen LogP contribution in [-0.2, 0) is 0 Å². The van der Waals surface area contributed by atoms with E-state index in [1.165, 1.54) is 0 Å². The molecule has 0 saturated carbocycles. The summed E-state index contributed by atoms with van der Waals surface area (Å²) in [5, 5.41) is 12.8.